The third-order valence-corrected chi connectivity index (χ3v) is 5.35. The van der Waals surface area contributed by atoms with Crippen molar-refractivity contribution in [3.63, 3.8) is 0 Å². The normalized spacial score (nSPS) is 17.5. The number of methoxy groups -OCH3 is 1. The molecule has 2 aromatic rings. The van der Waals surface area contributed by atoms with Gasteiger partial charge in [-0.15, -0.1) is 11.8 Å². The minimum absolute atomic E-state index is 0.0103. The number of ether oxygens (including phenoxy) is 2. The van der Waals surface area contributed by atoms with E-state index in [1.54, 1.807) is 18.9 Å². The van der Waals surface area contributed by atoms with Crippen LogP contribution >= 0.6 is 11.8 Å². The largest absolute Gasteiger partial charge is 0.496 e. The lowest BCUT2D eigenvalue weighted by atomic mass is 10.1. The molecule has 0 bridgehead atoms. The van der Waals surface area contributed by atoms with Crippen molar-refractivity contribution < 1.29 is 14.3 Å². The van der Waals surface area contributed by atoms with Crippen molar-refractivity contribution in [1.29, 1.82) is 0 Å². The van der Waals surface area contributed by atoms with E-state index in [0.717, 1.165) is 22.6 Å². The molecule has 0 radical (unpaired) electrons. The van der Waals surface area contributed by atoms with Gasteiger partial charge < -0.3 is 14.4 Å². The number of rotatable bonds is 5. The van der Waals surface area contributed by atoms with Crippen molar-refractivity contribution in [1.82, 2.24) is 4.90 Å². The maximum absolute atomic E-state index is 12.5. The summed E-state index contributed by atoms with van der Waals surface area (Å²) in [4.78, 5) is 14.4. The maximum atomic E-state index is 12.5. The van der Waals surface area contributed by atoms with E-state index >= 15 is 0 Å². The SMILES string of the molecule is COc1ccccc1CN1C(=O)CSC1c1ccc(OC(C)(C)C)cc1. The first kappa shape index (κ1) is 18.6. The van der Waals surface area contributed by atoms with Crippen LogP contribution in [0.3, 0.4) is 0 Å². The lowest BCUT2D eigenvalue weighted by Gasteiger charge is -2.26. The van der Waals surface area contributed by atoms with Gasteiger partial charge in [-0.1, -0.05) is 30.3 Å². The summed E-state index contributed by atoms with van der Waals surface area (Å²) in [7, 11) is 1.66. The fourth-order valence-corrected chi connectivity index (χ4v) is 4.16. The molecule has 0 aliphatic carbocycles. The fraction of sp³-hybridized carbons (Fsp3) is 0.381. The van der Waals surface area contributed by atoms with Gasteiger partial charge >= 0.3 is 0 Å². The second kappa shape index (κ2) is 7.62. The predicted octanol–water partition coefficient (Wildman–Crippen LogP) is 4.65. The van der Waals surface area contributed by atoms with E-state index in [2.05, 4.69) is 0 Å². The molecule has 0 N–H and O–H groups in total. The Labute approximate surface area is 159 Å². The number of hydrogen-bond acceptors (Lipinski definition) is 4. The van der Waals surface area contributed by atoms with Crippen LogP contribution in [0, 0.1) is 0 Å². The molecular formula is C21H25NO3S. The Kier molecular flexibility index (Phi) is 5.47. The average Bonchev–Trinajstić information content (AvgIpc) is 2.95. The molecule has 0 spiro atoms. The van der Waals surface area contributed by atoms with Crippen LogP contribution in [0.4, 0.5) is 0 Å². The molecule has 1 heterocycles. The average molecular weight is 372 g/mol. The highest BCUT2D eigenvalue weighted by molar-refractivity contribution is 8.00. The zero-order valence-corrected chi connectivity index (χ0v) is 16.5. The van der Waals surface area contributed by atoms with Gasteiger partial charge in [0.1, 0.15) is 22.5 Å². The number of carbonyl (C=O) groups excluding carboxylic acids is 1. The van der Waals surface area contributed by atoms with E-state index in [-0.39, 0.29) is 16.9 Å². The first-order valence-electron chi connectivity index (χ1n) is 8.69. The van der Waals surface area contributed by atoms with Gasteiger partial charge in [-0.2, -0.15) is 0 Å². The molecule has 0 aromatic heterocycles. The van der Waals surface area contributed by atoms with Gasteiger partial charge in [-0.05, 0) is 44.5 Å². The van der Waals surface area contributed by atoms with Gasteiger partial charge in [0.2, 0.25) is 5.91 Å². The summed E-state index contributed by atoms with van der Waals surface area (Å²) in [5, 5.41) is 0.0103. The topological polar surface area (TPSA) is 38.8 Å². The summed E-state index contributed by atoms with van der Waals surface area (Å²) in [5.74, 6) is 2.30. The fourth-order valence-electron chi connectivity index (χ4n) is 2.97. The van der Waals surface area contributed by atoms with Crippen LogP contribution < -0.4 is 9.47 Å². The van der Waals surface area contributed by atoms with Crippen LogP contribution in [0.2, 0.25) is 0 Å². The summed E-state index contributed by atoms with van der Waals surface area (Å²) in [6, 6.07) is 15.9. The number of thioether (sulfide) groups is 1. The molecule has 26 heavy (non-hydrogen) atoms. The second-order valence-corrected chi connectivity index (χ2v) is 8.35. The first-order valence-corrected chi connectivity index (χ1v) is 9.74. The van der Waals surface area contributed by atoms with Crippen LogP contribution in [-0.2, 0) is 11.3 Å². The summed E-state index contributed by atoms with van der Waals surface area (Å²) in [5.41, 5.74) is 1.90. The molecular weight excluding hydrogens is 346 g/mol. The number of amides is 1. The van der Waals surface area contributed by atoms with E-state index in [9.17, 15) is 4.79 Å². The molecule has 1 aliphatic heterocycles. The first-order chi connectivity index (χ1) is 12.4. The highest BCUT2D eigenvalue weighted by Gasteiger charge is 2.33. The van der Waals surface area contributed by atoms with Crippen LogP contribution in [-0.4, -0.2) is 29.3 Å². The van der Waals surface area contributed by atoms with E-state index in [0.29, 0.717) is 12.3 Å². The molecule has 1 unspecified atom stereocenters. The lowest BCUT2D eigenvalue weighted by molar-refractivity contribution is -0.128. The minimum atomic E-state index is -0.227. The van der Waals surface area contributed by atoms with E-state index in [4.69, 9.17) is 9.47 Å². The van der Waals surface area contributed by atoms with E-state index in [1.165, 1.54) is 0 Å². The van der Waals surface area contributed by atoms with Crippen molar-refractivity contribution in [3.05, 3.63) is 59.7 Å². The van der Waals surface area contributed by atoms with Gasteiger partial charge in [0.25, 0.3) is 0 Å². The van der Waals surface area contributed by atoms with Crippen LogP contribution in [0.5, 0.6) is 11.5 Å². The summed E-state index contributed by atoms with van der Waals surface area (Å²) < 4.78 is 11.3. The number of hydrogen-bond donors (Lipinski definition) is 0. The summed E-state index contributed by atoms with van der Waals surface area (Å²) >= 11 is 1.66. The Bertz CT molecular complexity index is 768. The molecule has 0 saturated carbocycles. The molecule has 138 valence electrons. The van der Waals surface area contributed by atoms with Crippen molar-refractivity contribution in [3.8, 4) is 11.5 Å². The van der Waals surface area contributed by atoms with Crippen molar-refractivity contribution >= 4 is 17.7 Å². The maximum Gasteiger partial charge on any atom is 0.234 e. The van der Waals surface area contributed by atoms with Crippen LogP contribution in [0.1, 0.15) is 37.3 Å². The third kappa shape index (κ3) is 4.33. The molecule has 1 atom stereocenters. The summed E-state index contributed by atoms with van der Waals surface area (Å²) in [6.45, 7) is 6.63. The number of carbonyl (C=O) groups is 1. The molecule has 1 aliphatic rings. The van der Waals surface area contributed by atoms with Crippen molar-refractivity contribution in [2.45, 2.75) is 38.3 Å². The van der Waals surface area contributed by atoms with Gasteiger partial charge in [0, 0.05) is 5.56 Å². The molecule has 1 amide bonds. The van der Waals surface area contributed by atoms with Gasteiger partial charge in [-0.3, -0.25) is 4.79 Å². The Hall–Kier alpha value is -2.14. The van der Waals surface area contributed by atoms with Crippen LogP contribution in [0.25, 0.3) is 0 Å². The second-order valence-electron chi connectivity index (χ2n) is 7.28. The van der Waals surface area contributed by atoms with Crippen molar-refractivity contribution in [2.75, 3.05) is 12.9 Å². The highest BCUT2D eigenvalue weighted by atomic mass is 32.2. The highest BCUT2D eigenvalue weighted by Crippen LogP contribution is 2.40. The van der Waals surface area contributed by atoms with Crippen LogP contribution in [0.15, 0.2) is 48.5 Å². The molecule has 2 aromatic carbocycles. The Morgan fingerprint density at radius 2 is 1.81 bits per heavy atom. The molecule has 3 rings (SSSR count). The van der Waals surface area contributed by atoms with Gasteiger partial charge in [0.05, 0.1) is 19.4 Å². The quantitative estimate of drug-likeness (QED) is 0.767. The standard InChI is InChI=1S/C21H25NO3S/c1-21(2,3)25-17-11-9-15(10-12-17)20-22(19(23)14-26-20)13-16-7-5-6-8-18(16)24-4/h5-12,20H,13-14H2,1-4H3. The third-order valence-electron chi connectivity index (χ3n) is 4.09. The van der Waals surface area contributed by atoms with Gasteiger partial charge in [-0.25, -0.2) is 0 Å². The smallest absolute Gasteiger partial charge is 0.234 e. The Morgan fingerprint density at radius 3 is 2.46 bits per heavy atom. The predicted molar refractivity (Wildman–Crippen MR) is 106 cm³/mol. The lowest BCUT2D eigenvalue weighted by Crippen LogP contribution is -2.28. The number of para-hydroxylation sites is 1. The number of nitrogens with zero attached hydrogens (tertiary/aromatic N) is 1. The summed E-state index contributed by atoms with van der Waals surface area (Å²) in [6.07, 6.45) is 0. The van der Waals surface area contributed by atoms with E-state index < -0.39 is 0 Å². The number of benzene rings is 2. The molecule has 4 nitrogen and oxygen atoms in total. The zero-order valence-electron chi connectivity index (χ0n) is 15.7. The Balaban J connectivity index is 1.79. The van der Waals surface area contributed by atoms with E-state index in [1.807, 2.05) is 74.2 Å². The molecule has 1 fully saturated rings. The molecule has 1 saturated heterocycles. The monoisotopic (exact) mass is 371 g/mol. The van der Waals surface area contributed by atoms with Crippen molar-refractivity contribution in [2.24, 2.45) is 0 Å². The molecule has 5 heteroatoms. The Morgan fingerprint density at radius 1 is 1.12 bits per heavy atom. The minimum Gasteiger partial charge on any atom is -0.496 e. The zero-order chi connectivity index (χ0) is 18.7. The van der Waals surface area contributed by atoms with Gasteiger partial charge in [0.15, 0.2) is 0 Å².